The van der Waals surface area contributed by atoms with Gasteiger partial charge >= 0.3 is 0 Å². The standard InChI is InChI=1S/C28H25FN4O2/c1-19-17-25(28(35)31(2)23-13-11-22(29)12-14-23)30-33(19)26-10-6-5-9-24(26)27(34)32-16-15-20-7-3-4-8-21(20)18-32/h3-14,17H,15-16,18H2,1-2H3. The van der Waals surface area contributed by atoms with Crippen LogP contribution in [-0.4, -0.2) is 40.1 Å². The largest absolute Gasteiger partial charge is 0.334 e. The highest BCUT2D eigenvalue weighted by molar-refractivity contribution is 6.04. The van der Waals surface area contributed by atoms with Crippen LogP contribution in [0.3, 0.4) is 0 Å². The van der Waals surface area contributed by atoms with Gasteiger partial charge in [-0.1, -0.05) is 36.4 Å². The molecular formula is C28H25FN4O2. The van der Waals surface area contributed by atoms with Gasteiger partial charge in [0, 0.05) is 31.5 Å². The predicted molar refractivity (Wildman–Crippen MR) is 132 cm³/mol. The molecule has 0 N–H and O–H groups in total. The van der Waals surface area contributed by atoms with E-state index in [0.717, 1.165) is 17.7 Å². The van der Waals surface area contributed by atoms with Crippen molar-refractivity contribution in [3.05, 3.63) is 113 Å². The monoisotopic (exact) mass is 468 g/mol. The number of carbonyl (C=O) groups is 2. The Kier molecular flexibility index (Phi) is 5.91. The van der Waals surface area contributed by atoms with E-state index in [0.29, 0.717) is 30.0 Å². The third-order valence-electron chi connectivity index (χ3n) is 6.41. The maximum atomic E-state index is 13.6. The number of benzene rings is 3. The highest BCUT2D eigenvalue weighted by Gasteiger charge is 2.25. The van der Waals surface area contributed by atoms with Gasteiger partial charge in [0.15, 0.2) is 5.69 Å². The normalized spacial score (nSPS) is 12.8. The number of fused-ring (bicyclic) bond motifs is 1. The summed E-state index contributed by atoms with van der Waals surface area (Å²) < 4.78 is 14.9. The molecule has 0 bridgehead atoms. The van der Waals surface area contributed by atoms with Crippen LogP contribution in [0.1, 0.15) is 37.7 Å². The molecule has 0 saturated carbocycles. The molecular weight excluding hydrogens is 443 g/mol. The molecule has 5 rings (SSSR count). The highest BCUT2D eigenvalue weighted by Crippen LogP contribution is 2.24. The van der Waals surface area contributed by atoms with Crippen molar-refractivity contribution in [2.45, 2.75) is 19.9 Å². The summed E-state index contributed by atoms with van der Waals surface area (Å²) in [7, 11) is 1.62. The molecule has 1 aliphatic rings. The fourth-order valence-corrected chi connectivity index (χ4v) is 4.46. The third-order valence-corrected chi connectivity index (χ3v) is 6.41. The lowest BCUT2D eigenvalue weighted by molar-refractivity contribution is 0.0734. The lowest BCUT2D eigenvalue weighted by atomic mass is 9.99. The van der Waals surface area contributed by atoms with Crippen molar-refractivity contribution in [1.29, 1.82) is 0 Å². The molecule has 2 heterocycles. The minimum Gasteiger partial charge on any atom is -0.334 e. The summed E-state index contributed by atoms with van der Waals surface area (Å²) in [4.78, 5) is 29.9. The predicted octanol–water partition coefficient (Wildman–Crippen LogP) is 4.79. The van der Waals surface area contributed by atoms with Gasteiger partial charge in [-0.05, 0) is 66.9 Å². The van der Waals surface area contributed by atoms with Gasteiger partial charge in [0.05, 0.1) is 11.3 Å². The lowest BCUT2D eigenvalue weighted by Gasteiger charge is -2.29. The summed E-state index contributed by atoms with van der Waals surface area (Å²) in [6.45, 7) is 3.06. The fraction of sp³-hybridized carbons (Fsp3) is 0.179. The number of carbonyl (C=O) groups excluding carboxylic acids is 2. The van der Waals surface area contributed by atoms with Gasteiger partial charge in [0.1, 0.15) is 5.82 Å². The minimum absolute atomic E-state index is 0.0682. The molecule has 1 aliphatic heterocycles. The number of para-hydroxylation sites is 1. The number of anilines is 1. The van der Waals surface area contributed by atoms with Crippen LogP contribution in [0.15, 0.2) is 78.9 Å². The molecule has 7 heteroatoms. The van der Waals surface area contributed by atoms with Crippen molar-refractivity contribution < 1.29 is 14.0 Å². The maximum Gasteiger partial charge on any atom is 0.278 e. The van der Waals surface area contributed by atoms with Gasteiger partial charge in [-0.3, -0.25) is 9.59 Å². The smallest absolute Gasteiger partial charge is 0.278 e. The number of aryl methyl sites for hydroxylation is 1. The first-order valence-electron chi connectivity index (χ1n) is 11.5. The Bertz CT molecular complexity index is 1410. The molecule has 176 valence electrons. The Morgan fingerprint density at radius 2 is 1.63 bits per heavy atom. The van der Waals surface area contributed by atoms with E-state index in [9.17, 15) is 14.0 Å². The van der Waals surface area contributed by atoms with E-state index in [1.54, 1.807) is 36.0 Å². The van der Waals surface area contributed by atoms with Crippen LogP contribution in [0.2, 0.25) is 0 Å². The highest BCUT2D eigenvalue weighted by atomic mass is 19.1. The summed E-state index contributed by atoms with van der Waals surface area (Å²) >= 11 is 0. The van der Waals surface area contributed by atoms with Crippen LogP contribution in [0.25, 0.3) is 5.69 Å². The first-order chi connectivity index (χ1) is 16.9. The van der Waals surface area contributed by atoms with Gasteiger partial charge in [0.25, 0.3) is 11.8 Å². The number of hydrogen-bond acceptors (Lipinski definition) is 3. The Labute approximate surface area is 203 Å². The molecule has 3 aromatic carbocycles. The molecule has 0 atom stereocenters. The second-order valence-electron chi connectivity index (χ2n) is 8.69. The van der Waals surface area contributed by atoms with E-state index >= 15 is 0 Å². The SMILES string of the molecule is Cc1cc(C(=O)N(C)c2ccc(F)cc2)nn1-c1ccccc1C(=O)N1CCc2ccccc2C1. The Hall–Kier alpha value is -4.26. The topological polar surface area (TPSA) is 58.4 Å². The van der Waals surface area contributed by atoms with Crippen molar-refractivity contribution >= 4 is 17.5 Å². The van der Waals surface area contributed by atoms with Gasteiger partial charge in [-0.15, -0.1) is 0 Å². The number of rotatable bonds is 4. The van der Waals surface area contributed by atoms with Gasteiger partial charge in [0.2, 0.25) is 0 Å². The molecule has 0 aliphatic carbocycles. The van der Waals surface area contributed by atoms with Crippen molar-refractivity contribution in [2.75, 3.05) is 18.5 Å². The average molecular weight is 469 g/mol. The van der Waals surface area contributed by atoms with E-state index in [1.165, 1.54) is 22.6 Å². The van der Waals surface area contributed by atoms with E-state index in [1.807, 2.05) is 42.2 Å². The van der Waals surface area contributed by atoms with Crippen LogP contribution in [0.5, 0.6) is 0 Å². The van der Waals surface area contributed by atoms with Crippen LogP contribution in [0.4, 0.5) is 10.1 Å². The first-order valence-corrected chi connectivity index (χ1v) is 11.5. The number of hydrogen-bond donors (Lipinski definition) is 0. The molecule has 0 spiro atoms. The van der Waals surface area contributed by atoms with E-state index in [-0.39, 0.29) is 23.3 Å². The van der Waals surface area contributed by atoms with Crippen molar-refractivity contribution in [3.8, 4) is 5.69 Å². The van der Waals surface area contributed by atoms with E-state index in [2.05, 4.69) is 17.2 Å². The third kappa shape index (κ3) is 4.33. The lowest BCUT2D eigenvalue weighted by Crippen LogP contribution is -2.36. The molecule has 6 nitrogen and oxygen atoms in total. The Morgan fingerprint density at radius 3 is 2.40 bits per heavy atom. The molecule has 0 radical (unpaired) electrons. The van der Waals surface area contributed by atoms with Gasteiger partial charge in [-0.2, -0.15) is 5.10 Å². The summed E-state index contributed by atoms with van der Waals surface area (Å²) in [6, 6.07) is 22.9. The molecule has 2 amide bonds. The van der Waals surface area contributed by atoms with Crippen molar-refractivity contribution in [2.24, 2.45) is 0 Å². The summed E-state index contributed by atoms with van der Waals surface area (Å²) in [5, 5.41) is 4.55. The Morgan fingerprint density at radius 1 is 0.943 bits per heavy atom. The molecule has 1 aromatic heterocycles. The number of amides is 2. The Balaban J connectivity index is 1.43. The zero-order chi connectivity index (χ0) is 24.5. The van der Waals surface area contributed by atoms with E-state index < -0.39 is 0 Å². The summed E-state index contributed by atoms with van der Waals surface area (Å²) in [6.07, 6.45) is 0.819. The van der Waals surface area contributed by atoms with Crippen molar-refractivity contribution in [1.82, 2.24) is 14.7 Å². The number of halogens is 1. The van der Waals surface area contributed by atoms with Gasteiger partial charge < -0.3 is 9.80 Å². The molecule has 0 saturated heterocycles. The van der Waals surface area contributed by atoms with E-state index in [4.69, 9.17) is 0 Å². The zero-order valence-electron chi connectivity index (χ0n) is 19.6. The number of aromatic nitrogens is 2. The first kappa shape index (κ1) is 22.5. The summed E-state index contributed by atoms with van der Waals surface area (Å²) in [5.41, 5.74) is 5.12. The van der Waals surface area contributed by atoms with Crippen molar-refractivity contribution in [3.63, 3.8) is 0 Å². The molecule has 4 aromatic rings. The minimum atomic E-state index is -0.367. The number of nitrogens with zero attached hydrogens (tertiary/aromatic N) is 4. The molecule has 0 unspecified atom stereocenters. The molecule has 0 fully saturated rings. The maximum absolute atomic E-state index is 13.6. The quantitative estimate of drug-likeness (QED) is 0.433. The van der Waals surface area contributed by atoms with Crippen LogP contribution in [-0.2, 0) is 13.0 Å². The second-order valence-corrected chi connectivity index (χ2v) is 8.69. The fourth-order valence-electron chi connectivity index (χ4n) is 4.46. The van der Waals surface area contributed by atoms with Crippen LogP contribution < -0.4 is 4.90 Å². The van der Waals surface area contributed by atoms with Gasteiger partial charge in [-0.25, -0.2) is 9.07 Å². The summed E-state index contributed by atoms with van der Waals surface area (Å²) in [5.74, 6) is -0.760. The molecule has 35 heavy (non-hydrogen) atoms. The zero-order valence-corrected chi connectivity index (χ0v) is 19.6. The second kappa shape index (κ2) is 9.18. The van der Waals surface area contributed by atoms with Crippen LogP contribution >= 0.6 is 0 Å². The average Bonchev–Trinajstić information content (AvgIpc) is 3.28. The van der Waals surface area contributed by atoms with Crippen LogP contribution in [0, 0.1) is 12.7 Å².